The number of aromatic nitrogens is 2. The molecule has 21 heteroatoms. The van der Waals surface area contributed by atoms with Crippen molar-refractivity contribution in [1.82, 2.24) is 9.55 Å². The van der Waals surface area contributed by atoms with Crippen molar-refractivity contribution >= 4 is 39.2 Å². The number of rotatable bonds is 39. The number of phosphoric ester groups is 2. The molecule has 2 heterocycles. The molecule has 0 aliphatic carbocycles. The number of hydrogen-bond donors (Lipinski definition) is 5. The Morgan fingerprint density at radius 3 is 1.96 bits per heavy atom. The van der Waals surface area contributed by atoms with Crippen LogP contribution in [0.4, 0.5) is 5.82 Å². The number of unbranched alkanes of at least 4 members (excludes halogenated alkanes) is 12. The predicted octanol–water partition coefficient (Wildman–Crippen LogP) is 8.73. The Kier molecular flexibility index (Phi) is 32.1. The lowest BCUT2D eigenvalue weighted by molar-refractivity contribution is -0.161. The number of nitrogen functional groups attached to an aromatic ring is 1. The number of anilines is 1. The topological polar surface area (TPSA) is 283 Å². The molecule has 19 nitrogen and oxygen atoms in total. The van der Waals surface area contributed by atoms with E-state index in [0.29, 0.717) is 38.5 Å². The van der Waals surface area contributed by atoms with Gasteiger partial charge in [0.25, 0.3) is 0 Å². The standard InChI is InChI=1S/C48H77N3O16P2/c1-3-5-7-9-11-12-13-14-15-16-17-18-20-24-28-32-43(53)62-36-40(65-44(54)33-29-25-21-23-27-31-39(52)30-26-22-19-10-8-6-4-2)37-63-68(58,59)67-69(60,61)64-38-41-45(55)46(56)47(66-41)51-35-34-42(49)50-48(51)57/h11-12,14-15,17-19,22,26,30,34-35,40-41,45-47,55-56H,3-10,13,16,20-21,23-25,27-29,31-33,36-38H2,1-2H3,(H,58,59)(H,60,61)(H2,49,50,57)/b12-11-,15-14-,18-17-,22-19-,30-26+/t40-,41-,45-,46-,47-/m1/s1. The second-order valence-corrected chi connectivity index (χ2v) is 19.7. The van der Waals surface area contributed by atoms with E-state index in [1.807, 2.05) is 12.2 Å². The molecule has 1 fully saturated rings. The quantitative estimate of drug-likeness (QED) is 0.0103. The largest absolute Gasteiger partial charge is 0.481 e. The number of nitrogens with zero attached hydrogens (tertiary/aromatic N) is 2. The minimum Gasteiger partial charge on any atom is -0.462 e. The minimum absolute atomic E-state index is 0.0439. The fourth-order valence-electron chi connectivity index (χ4n) is 6.71. The number of carbonyl (C=O) groups is 3. The summed E-state index contributed by atoms with van der Waals surface area (Å²) in [5, 5.41) is 20.9. The van der Waals surface area contributed by atoms with Gasteiger partial charge in [-0.1, -0.05) is 113 Å². The van der Waals surface area contributed by atoms with Crippen LogP contribution in [0, 0.1) is 0 Å². The van der Waals surface area contributed by atoms with Crippen LogP contribution in [0.2, 0.25) is 0 Å². The third kappa shape index (κ3) is 29.2. The Hall–Kier alpha value is -3.87. The number of allylic oxidation sites excluding steroid dienone is 10. The first-order valence-corrected chi connectivity index (χ1v) is 27.2. The third-order valence-electron chi connectivity index (χ3n) is 10.6. The number of nitrogens with two attached hydrogens (primary N) is 1. The van der Waals surface area contributed by atoms with Gasteiger partial charge in [-0.25, -0.2) is 13.9 Å². The molecule has 0 spiro atoms. The number of esters is 2. The third-order valence-corrected chi connectivity index (χ3v) is 13.2. The van der Waals surface area contributed by atoms with E-state index in [0.717, 1.165) is 68.6 Å². The highest BCUT2D eigenvalue weighted by Crippen LogP contribution is 2.60. The van der Waals surface area contributed by atoms with Crippen LogP contribution in [0.5, 0.6) is 0 Å². The molecule has 1 aromatic heterocycles. The molecule has 1 aromatic rings. The highest BCUT2D eigenvalue weighted by atomic mass is 31.3. The summed E-state index contributed by atoms with van der Waals surface area (Å²) in [5.41, 5.74) is 4.57. The number of hydrogen-bond acceptors (Lipinski definition) is 16. The fraction of sp³-hybridized carbons (Fsp3) is 0.646. The molecule has 0 amide bonds. The van der Waals surface area contributed by atoms with Gasteiger partial charge in [0.15, 0.2) is 18.1 Å². The molecule has 390 valence electrons. The molecule has 0 saturated carbocycles. The molecule has 2 rings (SSSR count). The first kappa shape index (κ1) is 61.3. The van der Waals surface area contributed by atoms with E-state index in [2.05, 4.69) is 59.6 Å². The Balaban J connectivity index is 1.86. The summed E-state index contributed by atoms with van der Waals surface area (Å²) in [6.45, 7) is 1.90. The van der Waals surface area contributed by atoms with Crippen LogP contribution in [-0.4, -0.2) is 91.5 Å². The van der Waals surface area contributed by atoms with Crippen LogP contribution in [0.15, 0.2) is 77.8 Å². The highest BCUT2D eigenvalue weighted by molar-refractivity contribution is 7.61. The molecule has 7 atom stereocenters. The molecule has 6 N–H and O–H groups in total. The summed E-state index contributed by atoms with van der Waals surface area (Å²) < 4.78 is 56.5. The first-order valence-electron chi connectivity index (χ1n) is 24.3. The van der Waals surface area contributed by atoms with Gasteiger partial charge in [-0.2, -0.15) is 9.29 Å². The number of phosphoric acid groups is 2. The van der Waals surface area contributed by atoms with E-state index in [1.54, 1.807) is 12.2 Å². The molecule has 69 heavy (non-hydrogen) atoms. The normalized spacial score (nSPS) is 19.8. The van der Waals surface area contributed by atoms with E-state index < -0.39 is 83.7 Å². The fourth-order valence-corrected chi connectivity index (χ4v) is 8.82. The maximum absolute atomic E-state index is 12.8. The molecule has 1 aliphatic rings. The Morgan fingerprint density at radius 1 is 0.739 bits per heavy atom. The Morgan fingerprint density at radius 2 is 1.30 bits per heavy atom. The van der Waals surface area contributed by atoms with Gasteiger partial charge < -0.3 is 39.9 Å². The monoisotopic (exact) mass is 1010 g/mol. The number of carbonyl (C=O) groups excluding carboxylic acids is 3. The van der Waals surface area contributed by atoms with E-state index in [1.165, 1.54) is 31.7 Å². The van der Waals surface area contributed by atoms with Gasteiger partial charge in [0.1, 0.15) is 30.7 Å². The van der Waals surface area contributed by atoms with Crippen molar-refractivity contribution in [2.24, 2.45) is 0 Å². The number of ether oxygens (including phenoxy) is 3. The van der Waals surface area contributed by atoms with Crippen LogP contribution in [0.3, 0.4) is 0 Å². The summed E-state index contributed by atoms with van der Waals surface area (Å²) in [7, 11) is -10.9. The first-order chi connectivity index (χ1) is 33.1. The summed E-state index contributed by atoms with van der Waals surface area (Å²) in [4.78, 5) is 73.9. The average Bonchev–Trinajstić information content (AvgIpc) is 3.58. The van der Waals surface area contributed by atoms with Crippen molar-refractivity contribution < 1.29 is 71.1 Å². The van der Waals surface area contributed by atoms with Crippen molar-refractivity contribution in [1.29, 1.82) is 0 Å². The molecule has 0 bridgehead atoms. The molecule has 2 unspecified atom stereocenters. The lowest BCUT2D eigenvalue weighted by Crippen LogP contribution is -2.36. The second kappa shape index (κ2) is 36.1. The van der Waals surface area contributed by atoms with Crippen molar-refractivity contribution in [3.63, 3.8) is 0 Å². The Bertz CT molecular complexity index is 1950. The van der Waals surface area contributed by atoms with E-state index in [9.17, 15) is 48.3 Å². The maximum atomic E-state index is 12.8. The zero-order chi connectivity index (χ0) is 50.8. The molecular weight excluding hydrogens is 936 g/mol. The van der Waals surface area contributed by atoms with Crippen LogP contribution in [0.25, 0.3) is 0 Å². The Labute approximate surface area is 407 Å². The summed E-state index contributed by atoms with van der Waals surface area (Å²) in [6, 6.07) is 1.24. The summed E-state index contributed by atoms with van der Waals surface area (Å²) in [5.74, 6) is -1.40. The van der Waals surface area contributed by atoms with Crippen molar-refractivity contribution in [2.45, 2.75) is 179 Å². The number of aliphatic hydroxyl groups excluding tert-OH is 2. The van der Waals surface area contributed by atoms with E-state index >= 15 is 0 Å². The summed E-state index contributed by atoms with van der Waals surface area (Å²) >= 11 is 0. The molecule has 1 aliphatic heterocycles. The van der Waals surface area contributed by atoms with Crippen LogP contribution in [-0.2, 0) is 51.1 Å². The zero-order valence-electron chi connectivity index (χ0n) is 40.3. The number of ketones is 1. The van der Waals surface area contributed by atoms with Crippen LogP contribution >= 0.6 is 15.6 Å². The molecular formula is C48H77N3O16P2. The van der Waals surface area contributed by atoms with Crippen molar-refractivity contribution in [3.8, 4) is 0 Å². The molecule has 1 saturated heterocycles. The second-order valence-electron chi connectivity index (χ2n) is 16.6. The SMILES string of the molecule is CCCCC/C=C\C=C\C(=O)CCCCCCCC(=O)O[C@H](COC(=O)CCCC/C=C\C/C=C\C/C=C\CCCCC)COP(=O)(O)OP(=O)(O)OC[C@H]1O[C@@H](n2ccc(N)nc2=O)[C@H](O)[C@@H]1O. The van der Waals surface area contributed by atoms with Crippen molar-refractivity contribution in [3.05, 3.63) is 83.5 Å². The minimum atomic E-state index is -5.46. The lowest BCUT2D eigenvalue weighted by Gasteiger charge is -2.21. The van der Waals surface area contributed by atoms with E-state index in [-0.39, 0.29) is 24.4 Å². The average molecular weight is 1010 g/mol. The summed E-state index contributed by atoms with van der Waals surface area (Å²) in [6.07, 6.45) is 29.9. The van der Waals surface area contributed by atoms with Crippen molar-refractivity contribution in [2.75, 3.05) is 25.6 Å². The zero-order valence-corrected chi connectivity index (χ0v) is 42.1. The maximum Gasteiger partial charge on any atom is 0.481 e. The molecule has 0 aromatic carbocycles. The smallest absolute Gasteiger partial charge is 0.462 e. The highest BCUT2D eigenvalue weighted by Gasteiger charge is 2.46. The molecule has 0 radical (unpaired) electrons. The lowest BCUT2D eigenvalue weighted by atomic mass is 10.1. The van der Waals surface area contributed by atoms with Gasteiger partial charge in [-0.05, 0) is 82.8 Å². The predicted molar refractivity (Wildman–Crippen MR) is 261 cm³/mol. The van der Waals surface area contributed by atoms with Crippen LogP contribution < -0.4 is 11.4 Å². The van der Waals surface area contributed by atoms with Gasteiger partial charge in [0.2, 0.25) is 0 Å². The van der Waals surface area contributed by atoms with Crippen LogP contribution in [0.1, 0.15) is 155 Å². The number of aliphatic hydroxyl groups is 2. The van der Waals surface area contributed by atoms with Gasteiger partial charge in [-0.15, -0.1) is 0 Å². The van der Waals surface area contributed by atoms with Gasteiger partial charge >= 0.3 is 33.3 Å². The van der Waals surface area contributed by atoms with Gasteiger partial charge in [-0.3, -0.25) is 28.0 Å². The van der Waals surface area contributed by atoms with Gasteiger partial charge in [0, 0.05) is 25.5 Å². The van der Waals surface area contributed by atoms with E-state index in [4.69, 9.17) is 29.0 Å². The van der Waals surface area contributed by atoms with Gasteiger partial charge in [0.05, 0.1) is 13.2 Å².